The highest BCUT2D eigenvalue weighted by Gasteiger charge is 2.16. The van der Waals surface area contributed by atoms with Crippen molar-refractivity contribution in [2.45, 2.75) is 6.92 Å². The molecule has 2 heterocycles. The topological polar surface area (TPSA) is 98.1 Å². The fraction of sp³-hybridized carbons (Fsp3) is 0.0500. The second-order valence-electron chi connectivity index (χ2n) is 6.15. The summed E-state index contributed by atoms with van der Waals surface area (Å²) in [5.74, 6) is 0.457. The van der Waals surface area contributed by atoms with E-state index in [1.54, 1.807) is 0 Å². The Labute approximate surface area is 160 Å². The Balaban J connectivity index is 1.75. The molecule has 2 aromatic heterocycles. The smallest absolute Gasteiger partial charge is 0.323 e. The maximum atomic E-state index is 12.1. The molecule has 27 heavy (non-hydrogen) atoms. The van der Waals surface area contributed by atoms with Crippen molar-refractivity contribution in [2.24, 2.45) is 5.73 Å². The molecule has 4 N–H and O–H groups in total. The van der Waals surface area contributed by atoms with E-state index in [4.69, 9.17) is 11.5 Å². The number of nitrogens with zero attached hydrogens (tertiary/aromatic N) is 3. The fourth-order valence-electron chi connectivity index (χ4n) is 3.07. The first-order valence-corrected chi connectivity index (χ1v) is 9.17. The number of anilines is 3. The van der Waals surface area contributed by atoms with Crippen LogP contribution in [0.3, 0.4) is 0 Å². The molecule has 0 aliphatic heterocycles. The predicted molar refractivity (Wildman–Crippen MR) is 110 cm³/mol. The summed E-state index contributed by atoms with van der Waals surface area (Å²) in [4.78, 5) is 22.7. The largest absolute Gasteiger partial charge is 0.383 e. The van der Waals surface area contributed by atoms with Crippen molar-refractivity contribution < 1.29 is 4.79 Å². The number of carbonyl (C=O) groups excluding carboxylic acids is 1. The van der Waals surface area contributed by atoms with Crippen molar-refractivity contribution in [1.82, 2.24) is 9.97 Å². The van der Waals surface area contributed by atoms with Gasteiger partial charge in [0.05, 0.1) is 16.8 Å². The minimum Gasteiger partial charge on any atom is -0.383 e. The number of primary amides is 1. The summed E-state index contributed by atoms with van der Waals surface area (Å²) in [7, 11) is 0. The van der Waals surface area contributed by atoms with Gasteiger partial charge in [-0.1, -0.05) is 24.3 Å². The van der Waals surface area contributed by atoms with Gasteiger partial charge in [-0.25, -0.2) is 14.8 Å². The molecule has 7 heteroatoms. The molecule has 134 valence electrons. The molecule has 0 saturated heterocycles. The van der Waals surface area contributed by atoms with Gasteiger partial charge in [-0.05, 0) is 42.3 Å². The second-order valence-corrected chi connectivity index (χ2v) is 7.01. The number of nitrogens with two attached hydrogens (primary N) is 2. The van der Waals surface area contributed by atoms with Gasteiger partial charge in [0.1, 0.15) is 17.0 Å². The molecular weight excluding hydrogens is 358 g/mol. The van der Waals surface area contributed by atoms with E-state index in [2.05, 4.69) is 9.97 Å². The van der Waals surface area contributed by atoms with Crippen LogP contribution in [-0.2, 0) is 0 Å². The third kappa shape index (κ3) is 3.09. The lowest BCUT2D eigenvalue weighted by atomic mass is 10.1. The van der Waals surface area contributed by atoms with Crippen LogP contribution >= 0.6 is 11.3 Å². The van der Waals surface area contributed by atoms with Crippen LogP contribution in [0.4, 0.5) is 22.0 Å². The zero-order valence-corrected chi connectivity index (χ0v) is 15.4. The summed E-state index contributed by atoms with van der Waals surface area (Å²) in [5.41, 5.74) is 16.1. The van der Waals surface area contributed by atoms with Crippen LogP contribution in [0, 0.1) is 6.92 Å². The van der Waals surface area contributed by atoms with Gasteiger partial charge in [0.15, 0.2) is 0 Å². The molecule has 4 rings (SSSR count). The lowest BCUT2D eigenvalue weighted by Gasteiger charge is -2.21. The Morgan fingerprint density at radius 2 is 1.85 bits per heavy atom. The van der Waals surface area contributed by atoms with Crippen LogP contribution in [-0.4, -0.2) is 16.0 Å². The highest BCUT2D eigenvalue weighted by molar-refractivity contribution is 7.17. The molecule has 2 aromatic carbocycles. The van der Waals surface area contributed by atoms with Crippen LogP contribution in [0.5, 0.6) is 0 Å². The van der Waals surface area contributed by atoms with Gasteiger partial charge in [-0.2, -0.15) is 0 Å². The zero-order chi connectivity index (χ0) is 19.0. The number of rotatable bonds is 3. The van der Waals surface area contributed by atoms with Gasteiger partial charge < -0.3 is 11.5 Å². The van der Waals surface area contributed by atoms with Crippen molar-refractivity contribution in [1.29, 1.82) is 0 Å². The van der Waals surface area contributed by atoms with Crippen LogP contribution < -0.4 is 16.4 Å². The van der Waals surface area contributed by atoms with E-state index in [0.717, 1.165) is 32.6 Å². The number of aryl methyl sites for hydroxylation is 1. The van der Waals surface area contributed by atoms with E-state index in [1.165, 1.54) is 22.6 Å². The van der Waals surface area contributed by atoms with Gasteiger partial charge in [-0.3, -0.25) is 4.90 Å². The Bertz CT molecular complexity index is 1140. The zero-order valence-electron chi connectivity index (χ0n) is 14.6. The number of amides is 2. The maximum Gasteiger partial charge on any atom is 0.323 e. The highest BCUT2D eigenvalue weighted by Crippen LogP contribution is 2.36. The average Bonchev–Trinajstić information content (AvgIpc) is 3.08. The molecule has 0 aliphatic rings. The number of benzene rings is 2. The van der Waals surface area contributed by atoms with E-state index in [-0.39, 0.29) is 0 Å². The standard InChI is InChI=1S/C20H17N5OS/c1-12-3-2-4-15(9-12)25(20(22)26)14-7-5-13(6-8-14)16-10-27-19-17(16)18(21)23-11-24-19/h2-11H,1H3,(H2,22,26)(H2,21,23,24). The minimum atomic E-state index is -0.535. The van der Waals surface area contributed by atoms with Gasteiger partial charge in [0.25, 0.3) is 0 Å². The first-order valence-electron chi connectivity index (χ1n) is 8.29. The molecule has 0 aliphatic carbocycles. The van der Waals surface area contributed by atoms with Crippen LogP contribution in [0.15, 0.2) is 60.2 Å². The molecule has 6 nitrogen and oxygen atoms in total. The Kier molecular flexibility index (Phi) is 4.21. The molecule has 2 amide bonds. The summed E-state index contributed by atoms with van der Waals surface area (Å²) < 4.78 is 0. The molecule has 0 saturated carbocycles. The van der Waals surface area contributed by atoms with E-state index in [1.807, 2.05) is 60.8 Å². The monoisotopic (exact) mass is 375 g/mol. The molecule has 0 radical (unpaired) electrons. The quantitative estimate of drug-likeness (QED) is 0.552. The molecule has 0 fully saturated rings. The van der Waals surface area contributed by atoms with E-state index in [9.17, 15) is 4.79 Å². The highest BCUT2D eigenvalue weighted by atomic mass is 32.1. The molecular formula is C20H17N5OS. The summed E-state index contributed by atoms with van der Waals surface area (Å²) in [6, 6.07) is 14.7. The van der Waals surface area contributed by atoms with E-state index >= 15 is 0 Å². The first-order chi connectivity index (χ1) is 13.0. The fourth-order valence-corrected chi connectivity index (χ4v) is 4.00. The average molecular weight is 375 g/mol. The number of thiophene rings is 1. The summed E-state index contributed by atoms with van der Waals surface area (Å²) in [6.45, 7) is 1.97. The second kappa shape index (κ2) is 6.69. The SMILES string of the molecule is Cc1cccc(N(C(N)=O)c2ccc(-c3csc4ncnc(N)c34)cc2)c1. The number of carbonyl (C=O) groups is 1. The van der Waals surface area contributed by atoms with Crippen LogP contribution in [0.25, 0.3) is 21.3 Å². The number of hydrogen-bond acceptors (Lipinski definition) is 5. The lowest BCUT2D eigenvalue weighted by molar-refractivity contribution is 0.256. The summed E-state index contributed by atoms with van der Waals surface area (Å²) >= 11 is 1.52. The lowest BCUT2D eigenvalue weighted by Crippen LogP contribution is -2.31. The number of nitrogen functional groups attached to an aromatic ring is 1. The van der Waals surface area contributed by atoms with Crippen molar-refractivity contribution in [2.75, 3.05) is 10.6 Å². The third-order valence-electron chi connectivity index (χ3n) is 4.32. The number of urea groups is 1. The molecule has 0 spiro atoms. The summed E-state index contributed by atoms with van der Waals surface area (Å²) in [5, 5.41) is 2.86. The van der Waals surface area contributed by atoms with Gasteiger partial charge >= 0.3 is 6.03 Å². The number of hydrogen-bond donors (Lipinski definition) is 2. The molecule has 0 bridgehead atoms. The van der Waals surface area contributed by atoms with Gasteiger partial charge in [-0.15, -0.1) is 11.3 Å². The first kappa shape index (κ1) is 17.0. The van der Waals surface area contributed by atoms with Crippen LogP contribution in [0.1, 0.15) is 5.56 Å². The van der Waals surface area contributed by atoms with Crippen molar-refractivity contribution >= 4 is 44.8 Å². The van der Waals surface area contributed by atoms with Gasteiger partial charge in [0, 0.05) is 10.9 Å². The number of fused-ring (bicyclic) bond motifs is 1. The van der Waals surface area contributed by atoms with Crippen molar-refractivity contribution in [3.05, 3.63) is 65.8 Å². The van der Waals surface area contributed by atoms with Crippen molar-refractivity contribution in [3.8, 4) is 11.1 Å². The Hall–Kier alpha value is -3.45. The van der Waals surface area contributed by atoms with E-state index in [0.29, 0.717) is 11.5 Å². The van der Waals surface area contributed by atoms with Crippen molar-refractivity contribution in [3.63, 3.8) is 0 Å². The van der Waals surface area contributed by atoms with Crippen LogP contribution in [0.2, 0.25) is 0 Å². The maximum absolute atomic E-state index is 12.1. The molecule has 0 unspecified atom stereocenters. The Morgan fingerprint density at radius 1 is 1.07 bits per heavy atom. The predicted octanol–water partition coefficient (Wildman–Crippen LogP) is 4.47. The molecule has 0 atom stereocenters. The summed E-state index contributed by atoms with van der Waals surface area (Å²) in [6.07, 6.45) is 1.47. The normalized spacial score (nSPS) is 10.9. The number of aromatic nitrogens is 2. The van der Waals surface area contributed by atoms with E-state index < -0.39 is 6.03 Å². The molecule has 4 aromatic rings. The third-order valence-corrected chi connectivity index (χ3v) is 5.20. The minimum absolute atomic E-state index is 0.457. The Morgan fingerprint density at radius 3 is 2.56 bits per heavy atom. The van der Waals surface area contributed by atoms with Gasteiger partial charge in [0.2, 0.25) is 0 Å².